The van der Waals surface area contributed by atoms with Crippen molar-refractivity contribution in [3.05, 3.63) is 53.3 Å². The van der Waals surface area contributed by atoms with Crippen molar-refractivity contribution >= 4 is 23.9 Å². The Labute approximate surface area is 121 Å². The third kappa shape index (κ3) is 3.36. The number of carbonyl (C=O) groups excluding carboxylic acids is 3. The predicted molar refractivity (Wildman–Crippen MR) is 76.5 cm³/mol. The second-order valence-electron chi connectivity index (χ2n) is 4.17. The summed E-state index contributed by atoms with van der Waals surface area (Å²) in [4.78, 5) is 37.1. The van der Waals surface area contributed by atoms with Gasteiger partial charge in [-0.25, -0.2) is 4.79 Å². The quantitative estimate of drug-likeness (QED) is 0.651. The van der Waals surface area contributed by atoms with E-state index in [2.05, 4.69) is 10.3 Å². The number of para-hydroxylation sites is 1. The van der Waals surface area contributed by atoms with Gasteiger partial charge < -0.3 is 15.0 Å². The van der Waals surface area contributed by atoms with Gasteiger partial charge in [-0.15, -0.1) is 0 Å². The minimum Gasteiger partial charge on any atom is -0.462 e. The van der Waals surface area contributed by atoms with Gasteiger partial charge in [0.1, 0.15) is 5.69 Å². The molecule has 6 heteroatoms. The Morgan fingerprint density at radius 1 is 1.24 bits per heavy atom. The number of aromatic amines is 1. The van der Waals surface area contributed by atoms with E-state index in [4.69, 9.17) is 4.74 Å². The number of esters is 1. The topological polar surface area (TPSA) is 88.3 Å². The van der Waals surface area contributed by atoms with E-state index in [0.717, 1.165) is 0 Å². The number of nitrogens with one attached hydrogen (secondary N) is 2. The highest BCUT2D eigenvalue weighted by Gasteiger charge is 2.15. The average molecular weight is 286 g/mol. The zero-order valence-corrected chi connectivity index (χ0v) is 11.4. The third-order valence-corrected chi connectivity index (χ3v) is 2.75. The first kappa shape index (κ1) is 14.5. The minimum absolute atomic E-state index is 0.232. The molecule has 0 spiro atoms. The molecule has 0 aliphatic heterocycles. The molecule has 0 aliphatic carbocycles. The molecule has 0 bridgehead atoms. The molecule has 21 heavy (non-hydrogen) atoms. The van der Waals surface area contributed by atoms with Crippen molar-refractivity contribution in [2.24, 2.45) is 0 Å². The van der Waals surface area contributed by atoms with Crippen molar-refractivity contribution in [1.82, 2.24) is 4.98 Å². The van der Waals surface area contributed by atoms with Crippen LogP contribution in [-0.2, 0) is 4.74 Å². The molecule has 1 amide bonds. The van der Waals surface area contributed by atoms with Gasteiger partial charge in [0.25, 0.3) is 5.91 Å². The smallest absolute Gasteiger partial charge is 0.340 e. The van der Waals surface area contributed by atoms with E-state index in [-0.39, 0.29) is 17.9 Å². The number of aromatic nitrogens is 1. The number of aldehydes is 1. The number of H-pyrrole nitrogens is 1. The number of benzene rings is 1. The number of anilines is 1. The molecule has 0 saturated carbocycles. The molecular weight excluding hydrogens is 272 g/mol. The van der Waals surface area contributed by atoms with Gasteiger partial charge in [-0.3, -0.25) is 9.59 Å². The Morgan fingerprint density at radius 2 is 2.00 bits per heavy atom. The average Bonchev–Trinajstić information content (AvgIpc) is 2.97. The molecule has 1 heterocycles. The first-order chi connectivity index (χ1) is 10.2. The van der Waals surface area contributed by atoms with Crippen LogP contribution in [-0.4, -0.2) is 29.8 Å². The van der Waals surface area contributed by atoms with Crippen LogP contribution in [0.4, 0.5) is 5.69 Å². The molecular formula is C15H14N2O4. The zero-order chi connectivity index (χ0) is 15.2. The Kier molecular flexibility index (Phi) is 4.50. The van der Waals surface area contributed by atoms with Crippen LogP contribution in [0.3, 0.4) is 0 Å². The van der Waals surface area contributed by atoms with Gasteiger partial charge in [0, 0.05) is 0 Å². The summed E-state index contributed by atoms with van der Waals surface area (Å²) >= 11 is 0. The van der Waals surface area contributed by atoms with E-state index in [9.17, 15) is 14.4 Å². The van der Waals surface area contributed by atoms with E-state index in [0.29, 0.717) is 17.7 Å². The van der Waals surface area contributed by atoms with Crippen LogP contribution in [0.25, 0.3) is 0 Å². The summed E-state index contributed by atoms with van der Waals surface area (Å²) in [7, 11) is 0. The van der Waals surface area contributed by atoms with Crippen LogP contribution in [0.5, 0.6) is 0 Å². The van der Waals surface area contributed by atoms with Gasteiger partial charge >= 0.3 is 5.97 Å². The van der Waals surface area contributed by atoms with Gasteiger partial charge in [0.05, 0.1) is 23.6 Å². The standard InChI is InChI=1S/C15H14N2O4/c1-2-21-15(20)11-5-3-4-6-12(11)17-14(19)13-8-7-10(9-18)16-13/h3-9,16H,2H2,1H3,(H,17,19). The fourth-order valence-electron chi connectivity index (χ4n) is 1.78. The van der Waals surface area contributed by atoms with E-state index >= 15 is 0 Å². The molecule has 108 valence electrons. The molecule has 2 rings (SSSR count). The first-order valence-corrected chi connectivity index (χ1v) is 6.37. The maximum Gasteiger partial charge on any atom is 0.340 e. The fourth-order valence-corrected chi connectivity index (χ4v) is 1.78. The van der Waals surface area contributed by atoms with Crippen molar-refractivity contribution in [1.29, 1.82) is 0 Å². The maximum atomic E-state index is 12.1. The van der Waals surface area contributed by atoms with E-state index in [1.807, 2.05) is 0 Å². The summed E-state index contributed by atoms with van der Waals surface area (Å²) in [6, 6.07) is 9.54. The van der Waals surface area contributed by atoms with E-state index in [1.54, 1.807) is 31.2 Å². The highest BCUT2D eigenvalue weighted by molar-refractivity contribution is 6.07. The van der Waals surface area contributed by atoms with Crippen LogP contribution in [0.1, 0.15) is 38.3 Å². The predicted octanol–water partition coefficient (Wildman–Crippen LogP) is 2.26. The van der Waals surface area contributed by atoms with Crippen molar-refractivity contribution in [3.8, 4) is 0 Å². The fraction of sp³-hybridized carbons (Fsp3) is 0.133. The lowest BCUT2D eigenvalue weighted by Gasteiger charge is -2.09. The normalized spacial score (nSPS) is 9.95. The van der Waals surface area contributed by atoms with Crippen molar-refractivity contribution in [2.75, 3.05) is 11.9 Å². The number of hydrogen-bond acceptors (Lipinski definition) is 4. The first-order valence-electron chi connectivity index (χ1n) is 6.37. The summed E-state index contributed by atoms with van der Waals surface area (Å²) in [6.45, 7) is 1.96. The van der Waals surface area contributed by atoms with Crippen molar-refractivity contribution < 1.29 is 19.1 Å². The van der Waals surface area contributed by atoms with Gasteiger partial charge in [-0.05, 0) is 31.2 Å². The lowest BCUT2D eigenvalue weighted by molar-refractivity contribution is 0.0527. The second-order valence-corrected chi connectivity index (χ2v) is 4.17. The molecule has 0 saturated heterocycles. The Hall–Kier alpha value is -2.89. The van der Waals surface area contributed by atoms with Crippen LogP contribution in [0, 0.1) is 0 Å². The summed E-state index contributed by atoms with van der Waals surface area (Å²) in [6.07, 6.45) is 0.614. The summed E-state index contributed by atoms with van der Waals surface area (Å²) in [5.74, 6) is -0.951. The third-order valence-electron chi connectivity index (χ3n) is 2.75. The Balaban J connectivity index is 2.21. The van der Waals surface area contributed by atoms with Crippen LogP contribution >= 0.6 is 0 Å². The largest absolute Gasteiger partial charge is 0.462 e. The number of carbonyl (C=O) groups is 3. The number of amides is 1. The second kappa shape index (κ2) is 6.51. The highest BCUT2D eigenvalue weighted by atomic mass is 16.5. The minimum atomic E-state index is -0.506. The van der Waals surface area contributed by atoms with E-state index in [1.165, 1.54) is 12.1 Å². The van der Waals surface area contributed by atoms with Crippen molar-refractivity contribution in [2.45, 2.75) is 6.92 Å². The lowest BCUT2D eigenvalue weighted by atomic mass is 10.1. The number of ether oxygens (including phenoxy) is 1. The van der Waals surface area contributed by atoms with Crippen LogP contribution < -0.4 is 5.32 Å². The van der Waals surface area contributed by atoms with Crippen molar-refractivity contribution in [3.63, 3.8) is 0 Å². The SMILES string of the molecule is CCOC(=O)c1ccccc1NC(=O)c1ccc(C=O)[nH]1. The lowest BCUT2D eigenvalue weighted by Crippen LogP contribution is -2.16. The molecule has 0 atom stereocenters. The van der Waals surface area contributed by atoms with Crippen LogP contribution in [0.2, 0.25) is 0 Å². The number of hydrogen-bond donors (Lipinski definition) is 2. The zero-order valence-electron chi connectivity index (χ0n) is 11.4. The van der Waals surface area contributed by atoms with Gasteiger partial charge in [0.2, 0.25) is 0 Å². The molecule has 0 unspecified atom stereocenters. The van der Waals surface area contributed by atoms with Gasteiger partial charge in [-0.2, -0.15) is 0 Å². The maximum absolute atomic E-state index is 12.1. The molecule has 0 aliphatic rings. The molecule has 0 radical (unpaired) electrons. The molecule has 6 nitrogen and oxygen atoms in total. The Bertz CT molecular complexity index is 676. The molecule has 0 fully saturated rings. The molecule has 2 aromatic rings. The summed E-state index contributed by atoms with van der Waals surface area (Å²) in [5.41, 5.74) is 1.16. The molecule has 1 aromatic carbocycles. The molecule has 1 aromatic heterocycles. The van der Waals surface area contributed by atoms with E-state index < -0.39 is 11.9 Å². The number of rotatable bonds is 5. The van der Waals surface area contributed by atoms with Gasteiger partial charge in [0.15, 0.2) is 6.29 Å². The summed E-state index contributed by atoms with van der Waals surface area (Å²) in [5, 5.41) is 2.62. The monoisotopic (exact) mass is 286 g/mol. The van der Waals surface area contributed by atoms with Gasteiger partial charge in [-0.1, -0.05) is 12.1 Å². The Morgan fingerprint density at radius 3 is 2.67 bits per heavy atom. The highest BCUT2D eigenvalue weighted by Crippen LogP contribution is 2.17. The van der Waals surface area contributed by atoms with Crippen LogP contribution in [0.15, 0.2) is 36.4 Å². The summed E-state index contributed by atoms with van der Waals surface area (Å²) < 4.78 is 4.93. The molecule has 2 N–H and O–H groups in total.